The third kappa shape index (κ3) is 6.64. The molecule has 308 valence electrons. The number of benzene rings is 1. The number of methoxy groups -OCH3 is 1. The van der Waals surface area contributed by atoms with E-state index in [-0.39, 0.29) is 49.7 Å². The molecule has 18 heteroatoms. The molecule has 14 nitrogen and oxygen atoms in total. The summed E-state index contributed by atoms with van der Waals surface area (Å²) in [6, 6.07) is 2.02. The molecule has 5 heterocycles. The summed E-state index contributed by atoms with van der Waals surface area (Å²) in [5.74, 6) is -2.79. The summed E-state index contributed by atoms with van der Waals surface area (Å²) in [6.45, 7) is 3.22. The van der Waals surface area contributed by atoms with Crippen molar-refractivity contribution in [1.82, 2.24) is 24.8 Å². The number of alkyl halides is 3. The van der Waals surface area contributed by atoms with E-state index in [4.69, 9.17) is 14.2 Å². The van der Waals surface area contributed by atoms with Crippen molar-refractivity contribution in [2.75, 3.05) is 13.7 Å². The van der Waals surface area contributed by atoms with Crippen LogP contribution in [0.5, 0.6) is 11.5 Å². The fraction of sp³-hybridized carbons (Fsp3) is 0.615. The van der Waals surface area contributed by atoms with Crippen molar-refractivity contribution < 1.29 is 55.0 Å². The van der Waals surface area contributed by atoms with E-state index in [0.29, 0.717) is 49.7 Å². The molecule has 1 aromatic carbocycles. The summed E-state index contributed by atoms with van der Waals surface area (Å²) in [6.07, 6.45) is 1.46. The van der Waals surface area contributed by atoms with Gasteiger partial charge in [-0.3, -0.25) is 14.4 Å². The Morgan fingerprint density at radius 2 is 1.91 bits per heavy atom. The molecule has 4 fully saturated rings. The van der Waals surface area contributed by atoms with E-state index in [1.165, 1.54) is 24.1 Å². The Labute approximate surface area is 327 Å². The number of aromatic nitrogens is 1. The molecular formula is C39H46F3N5O9S. The molecule has 2 saturated heterocycles. The summed E-state index contributed by atoms with van der Waals surface area (Å²) in [5, 5.41) is 5.92. The molecule has 4 amide bonds. The van der Waals surface area contributed by atoms with Crippen molar-refractivity contribution in [3.05, 3.63) is 41.6 Å². The lowest BCUT2D eigenvalue weighted by molar-refractivity contribution is -0.144. The molecular weight excluding hydrogens is 772 g/mol. The van der Waals surface area contributed by atoms with E-state index in [2.05, 4.69) is 15.6 Å². The molecule has 2 saturated carbocycles. The number of nitrogens with one attached hydrogen (secondary N) is 2. The average Bonchev–Trinajstić information content (AvgIpc) is 4.12. The fourth-order valence-corrected chi connectivity index (χ4v) is 10.9. The Bertz CT molecular complexity index is 2180. The Hall–Kier alpha value is -4.61. The van der Waals surface area contributed by atoms with Crippen LogP contribution in [0.15, 0.2) is 30.4 Å². The standard InChI is InChI=1S/C39H46F3N5O9S/c1-4-22(2)55-35(51)44-28-11-9-7-5-6-8-10-23-19-38(23,34(50)47-37(16-17-37)57(47,52)53)45-32(48)29-20-36(21-46(29)33(28)49)15-14-25-26-18-24(54-3)12-13-27(26)43-31(30(25)56-36)39(40,41)42/h8,10,12-13,18,22-23,28-29H,4-7,9,11,14-17,19-21H2,1-3H3,(H,44,51)(H,45,48). The van der Waals surface area contributed by atoms with Crippen LogP contribution in [0.2, 0.25) is 0 Å². The van der Waals surface area contributed by atoms with Gasteiger partial charge >= 0.3 is 12.3 Å². The number of aryl methyl sites for hydroxylation is 1. The first-order valence-electron chi connectivity index (χ1n) is 19.6. The number of ether oxygens (including phenoxy) is 3. The quantitative estimate of drug-likeness (QED) is 0.313. The van der Waals surface area contributed by atoms with Crippen LogP contribution in [-0.4, -0.2) is 94.3 Å². The molecule has 6 unspecified atom stereocenters. The highest BCUT2D eigenvalue weighted by Gasteiger charge is 2.83. The number of hydrogen-bond donors (Lipinski definition) is 2. The number of allylic oxidation sites excluding steroid dienone is 1. The van der Waals surface area contributed by atoms with Crippen molar-refractivity contribution in [3.63, 3.8) is 0 Å². The normalized spacial score (nSPS) is 30.5. The molecule has 2 N–H and O–H groups in total. The number of hydrogen-bond acceptors (Lipinski definition) is 10. The monoisotopic (exact) mass is 817 g/mol. The first-order chi connectivity index (χ1) is 27.0. The Morgan fingerprint density at radius 1 is 1.14 bits per heavy atom. The van der Waals surface area contributed by atoms with Gasteiger partial charge in [0.1, 0.15) is 35.1 Å². The maximum absolute atomic E-state index is 14.7. The summed E-state index contributed by atoms with van der Waals surface area (Å²) in [5.41, 5.74) is -3.99. The summed E-state index contributed by atoms with van der Waals surface area (Å²) in [4.78, 5) is 60.4. The lowest BCUT2D eigenvalue weighted by Gasteiger charge is -2.37. The van der Waals surface area contributed by atoms with Gasteiger partial charge in [-0.05, 0) is 82.9 Å². The van der Waals surface area contributed by atoms with Crippen molar-refractivity contribution in [3.8, 4) is 11.5 Å². The van der Waals surface area contributed by atoms with E-state index >= 15 is 0 Å². The maximum atomic E-state index is 14.7. The average molecular weight is 818 g/mol. The predicted molar refractivity (Wildman–Crippen MR) is 197 cm³/mol. The largest absolute Gasteiger partial charge is 0.497 e. The molecule has 8 rings (SSSR count). The topological polar surface area (TPSA) is 173 Å². The molecule has 2 aliphatic carbocycles. The number of rotatable bonds is 5. The second-order valence-electron chi connectivity index (χ2n) is 16.3. The molecule has 6 atom stereocenters. The van der Waals surface area contributed by atoms with Gasteiger partial charge in [-0.1, -0.05) is 31.9 Å². The van der Waals surface area contributed by atoms with Gasteiger partial charge in [-0.15, -0.1) is 0 Å². The second-order valence-corrected chi connectivity index (χ2v) is 18.4. The van der Waals surface area contributed by atoms with Crippen molar-refractivity contribution in [1.29, 1.82) is 0 Å². The van der Waals surface area contributed by atoms with Crippen LogP contribution in [0, 0.1) is 5.92 Å². The minimum Gasteiger partial charge on any atom is -0.497 e. The van der Waals surface area contributed by atoms with Gasteiger partial charge in [0, 0.05) is 23.3 Å². The van der Waals surface area contributed by atoms with Crippen LogP contribution in [0.25, 0.3) is 10.9 Å². The molecule has 0 bridgehead atoms. The van der Waals surface area contributed by atoms with E-state index < -0.39 is 91.6 Å². The Morgan fingerprint density at radius 3 is 2.60 bits per heavy atom. The van der Waals surface area contributed by atoms with Gasteiger partial charge in [0.25, 0.3) is 15.9 Å². The van der Waals surface area contributed by atoms with E-state index in [0.717, 1.165) is 10.7 Å². The molecule has 2 aromatic rings. The Kier molecular flexibility index (Phi) is 9.47. The predicted octanol–water partition coefficient (Wildman–Crippen LogP) is 4.88. The molecule has 2 spiro atoms. The highest BCUT2D eigenvalue weighted by molar-refractivity contribution is 7.98. The van der Waals surface area contributed by atoms with E-state index in [1.807, 2.05) is 19.1 Å². The smallest absolute Gasteiger partial charge is 0.437 e. The third-order valence-electron chi connectivity index (χ3n) is 12.5. The highest BCUT2D eigenvalue weighted by Crippen LogP contribution is 2.64. The minimum absolute atomic E-state index is 0.0775. The van der Waals surface area contributed by atoms with Crippen LogP contribution >= 0.6 is 0 Å². The zero-order valence-electron chi connectivity index (χ0n) is 31.9. The fourth-order valence-electron chi connectivity index (χ4n) is 8.84. The van der Waals surface area contributed by atoms with Crippen molar-refractivity contribution in [2.24, 2.45) is 5.92 Å². The zero-order chi connectivity index (χ0) is 40.7. The third-order valence-corrected chi connectivity index (χ3v) is 14.9. The SMILES string of the molecule is CCC(C)OC(=O)NC1CCCCCC=CC2CC2(C(=O)N2C3(CC3)S2(=O)=O)NC(=O)C2CC3(CCc4c(c(C(F)(F)F)nc5ccc(OC)cc45)O3)CN2C1=O. The molecule has 57 heavy (non-hydrogen) atoms. The number of amides is 4. The number of fused-ring (bicyclic) bond motifs is 5. The van der Waals surface area contributed by atoms with Crippen LogP contribution in [0.1, 0.15) is 95.7 Å². The van der Waals surface area contributed by atoms with Crippen LogP contribution in [-0.2, 0) is 41.7 Å². The second kappa shape index (κ2) is 13.8. The lowest BCUT2D eigenvalue weighted by atomic mass is 9.87. The minimum atomic E-state index is -4.92. The number of alkyl carbamates (subject to hydrolysis) is 1. The van der Waals surface area contributed by atoms with Crippen molar-refractivity contribution >= 4 is 44.7 Å². The first kappa shape index (κ1) is 39.2. The number of carbonyl (C=O) groups is 4. The van der Waals surface area contributed by atoms with Gasteiger partial charge in [-0.25, -0.2) is 22.5 Å². The van der Waals surface area contributed by atoms with Gasteiger partial charge in [0.15, 0.2) is 16.3 Å². The van der Waals surface area contributed by atoms with Gasteiger partial charge < -0.3 is 29.7 Å². The summed E-state index contributed by atoms with van der Waals surface area (Å²) in [7, 11) is -2.41. The number of halogens is 3. The summed E-state index contributed by atoms with van der Waals surface area (Å²) < 4.78 is 88.1. The lowest BCUT2D eigenvalue weighted by Crippen LogP contribution is -2.57. The molecule has 1 aromatic heterocycles. The highest BCUT2D eigenvalue weighted by atomic mass is 32.2. The molecule has 0 radical (unpaired) electrons. The van der Waals surface area contributed by atoms with Gasteiger partial charge in [0.2, 0.25) is 11.8 Å². The first-order valence-corrected chi connectivity index (χ1v) is 21.1. The number of sulfonamides is 1. The van der Waals surface area contributed by atoms with E-state index in [9.17, 15) is 40.8 Å². The van der Waals surface area contributed by atoms with Crippen LogP contribution in [0.3, 0.4) is 0 Å². The number of pyridine rings is 1. The van der Waals surface area contributed by atoms with Crippen LogP contribution in [0.4, 0.5) is 18.0 Å². The van der Waals surface area contributed by atoms with Crippen LogP contribution < -0.4 is 20.1 Å². The number of carbonyl (C=O) groups excluding carboxylic acids is 4. The Balaban J connectivity index is 1.17. The van der Waals surface area contributed by atoms with Gasteiger partial charge in [-0.2, -0.15) is 13.2 Å². The van der Waals surface area contributed by atoms with E-state index in [1.54, 1.807) is 13.0 Å². The molecule has 4 aliphatic heterocycles. The maximum Gasteiger partial charge on any atom is 0.437 e. The van der Waals surface area contributed by atoms with Crippen molar-refractivity contribution in [2.45, 2.75) is 131 Å². The summed E-state index contributed by atoms with van der Waals surface area (Å²) >= 11 is 0. The zero-order valence-corrected chi connectivity index (χ0v) is 32.8. The number of nitrogens with zero attached hydrogens (tertiary/aromatic N) is 3. The van der Waals surface area contributed by atoms with Gasteiger partial charge in [0.05, 0.1) is 19.2 Å². The molecule has 6 aliphatic rings.